The Labute approximate surface area is 115 Å². The molecule has 0 atom stereocenters. The van der Waals surface area contributed by atoms with Gasteiger partial charge in [0.05, 0.1) is 0 Å². The zero-order chi connectivity index (χ0) is 12.5. The Morgan fingerprint density at radius 1 is 0.941 bits per heavy atom. The fourth-order valence-corrected chi connectivity index (χ4v) is 2.18. The molecule has 1 nitrogen and oxygen atoms in total. The van der Waals surface area contributed by atoms with Crippen LogP contribution >= 0.6 is 22.6 Å². The second kappa shape index (κ2) is 8.80. The Balaban J connectivity index is 2.13. The predicted molar refractivity (Wildman–Crippen MR) is 75.4 cm³/mol. The molecule has 0 bridgehead atoms. The van der Waals surface area contributed by atoms with E-state index in [1.165, 1.54) is 35.8 Å². The summed E-state index contributed by atoms with van der Waals surface area (Å²) >= 11 is 2.38. The van der Waals surface area contributed by atoms with Gasteiger partial charge in [0.15, 0.2) is 0 Å². The maximum absolute atomic E-state index is 12.9. The third-order valence-electron chi connectivity index (χ3n) is 2.49. The lowest BCUT2D eigenvalue weighted by atomic mass is 10.2. The summed E-state index contributed by atoms with van der Waals surface area (Å²) < 4.78 is 27.0. The van der Waals surface area contributed by atoms with Crippen LogP contribution in [0.1, 0.15) is 31.2 Å². The lowest BCUT2D eigenvalue weighted by Crippen LogP contribution is -2.14. The largest absolute Gasteiger partial charge is 0.313 e. The van der Waals surface area contributed by atoms with Gasteiger partial charge in [-0.2, -0.15) is 0 Å². The van der Waals surface area contributed by atoms with Gasteiger partial charge in [-0.15, -0.1) is 0 Å². The van der Waals surface area contributed by atoms with Crippen molar-refractivity contribution in [2.24, 2.45) is 0 Å². The molecule has 0 aliphatic heterocycles. The number of alkyl halides is 1. The van der Waals surface area contributed by atoms with Crippen LogP contribution in [0.15, 0.2) is 18.2 Å². The molecule has 0 radical (unpaired) electrons. The maximum atomic E-state index is 12.9. The monoisotopic (exact) mass is 353 g/mol. The standard InChI is InChI=1S/C13H18F2IN/c14-12-7-11(8-13(15)9-12)10-17-6-4-2-1-3-5-16/h7-9,17H,1-6,10H2. The van der Waals surface area contributed by atoms with Crippen molar-refractivity contribution in [1.82, 2.24) is 5.32 Å². The van der Waals surface area contributed by atoms with E-state index >= 15 is 0 Å². The van der Waals surface area contributed by atoms with E-state index in [9.17, 15) is 8.78 Å². The average molecular weight is 353 g/mol. The molecule has 0 saturated heterocycles. The van der Waals surface area contributed by atoms with E-state index in [4.69, 9.17) is 0 Å². The lowest BCUT2D eigenvalue weighted by Gasteiger charge is -2.05. The first kappa shape index (κ1) is 14.8. The van der Waals surface area contributed by atoms with Gasteiger partial charge >= 0.3 is 0 Å². The highest BCUT2D eigenvalue weighted by Gasteiger charge is 1.99. The van der Waals surface area contributed by atoms with E-state index in [-0.39, 0.29) is 0 Å². The zero-order valence-electron chi connectivity index (χ0n) is 9.82. The summed E-state index contributed by atoms with van der Waals surface area (Å²) in [4.78, 5) is 0. The van der Waals surface area contributed by atoms with Crippen LogP contribution in [-0.4, -0.2) is 11.0 Å². The SMILES string of the molecule is Fc1cc(F)cc(CNCCCCCCI)c1. The molecule has 1 N–H and O–H groups in total. The molecule has 0 unspecified atom stereocenters. The molecular formula is C13H18F2IN. The zero-order valence-corrected chi connectivity index (χ0v) is 12.0. The number of rotatable bonds is 8. The molecule has 4 heteroatoms. The third kappa shape index (κ3) is 6.93. The fraction of sp³-hybridized carbons (Fsp3) is 0.538. The molecule has 1 aromatic rings. The third-order valence-corrected chi connectivity index (χ3v) is 3.25. The van der Waals surface area contributed by atoms with Crippen LogP contribution in [0.3, 0.4) is 0 Å². The van der Waals surface area contributed by atoms with E-state index in [0.717, 1.165) is 19.0 Å². The molecule has 1 aromatic carbocycles. The van der Waals surface area contributed by atoms with Gasteiger partial charge in [-0.3, -0.25) is 0 Å². The summed E-state index contributed by atoms with van der Waals surface area (Å²) in [5.41, 5.74) is 0.662. The van der Waals surface area contributed by atoms with E-state index in [1.807, 2.05) is 0 Å². The summed E-state index contributed by atoms with van der Waals surface area (Å²) in [6.45, 7) is 1.43. The topological polar surface area (TPSA) is 12.0 Å². The van der Waals surface area contributed by atoms with Gasteiger partial charge in [0.2, 0.25) is 0 Å². The molecule has 96 valence electrons. The fourth-order valence-electron chi connectivity index (χ4n) is 1.64. The molecule has 0 spiro atoms. The van der Waals surface area contributed by atoms with Gasteiger partial charge in [0.1, 0.15) is 11.6 Å². The minimum Gasteiger partial charge on any atom is -0.313 e. The lowest BCUT2D eigenvalue weighted by molar-refractivity contribution is 0.569. The minimum atomic E-state index is -0.510. The van der Waals surface area contributed by atoms with Crippen LogP contribution in [0.2, 0.25) is 0 Å². The van der Waals surface area contributed by atoms with Gasteiger partial charge in [-0.1, -0.05) is 35.4 Å². The van der Waals surface area contributed by atoms with Crippen LogP contribution in [-0.2, 0) is 6.54 Å². The minimum absolute atomic E-state index is 0.510. The Bertz CT molecular complexity index is 311. The number of hydrogen-bond acceptors (Lipinski definition) is 1. The number of hydrogen-bond donors (Lipinski definition) is 1. The summed E-state index contributed by atoms with van der Waals surface area (Å²) in [6, 6.07) is 3.63. The van der Waals surface area contributed by atoms with Crippen molar-refractivity contribution in [3.8, 4) is 0 Å². The summed E-state index contributed by atoms with van der Waals surface area (Å²) in [6.07, 6.45) is 4.87. The van der Waals surface area contributed by atoms with Gasteiger partial charge < -0.3 is 5.32 Å². The summed E-state index contributed by atoms with van der Waals surface area (Å²) in [5, 5.41) is 3.20. The van der Waals surface area contributed by atoms with Gasteiger partial charge in [0.25, 0.3) is 0 Å². The predicted octanol–water partition coefficient (Wildman–Crippen LogP) is 4.05. The number of nitrogens with one attached hydrogen (secondary N) is 1. The highest BCUT2D eigenvalue weighted by Crippen LogP contribution is 2.07. The normalized spacial score (nSPS) is 10.8. The second-order valence-electron chi connectivity index (χ2n) is 4.06. The maximum Gasteiger partial charge on any atom is 0.126 e. The van der Waals surface area contributed by atoms with Crippen molar-refractivity contribution in [3.63, 3.8) is 0 Å². The summed E-state index contributed by atoms with van der Waals surface area (Å²) in [5.74, 6) is -1.02. The van der Waals surface area contributed by atoms with Crippen molar-refractivity contribution in [2.45, 2.75) is 32.2 Å². The summed E-state index contributed by atoms with van der Waals surface area (Å²) in [7, 11) is 0. The second-order valence-corrected chi connectivity index (χ2v) is 5.14. The van der Waals surface area contributed by atoms with E-state index < -0.39 is 11.6 Å². The Morgan fingerprint density at radius 2 is 1.59 bits per heavy atom. The highest BCUT2D eigenvalue weighted by molar-refractivity contribution is 14.1. The quantitative estimate of drug-likeness (QED) is 0.422. The highest BCUT2D eigenvalue weighted by atomic mass is 127. The number of benzene rings is 1. The molecular weight excluding hydrogens is 335 g/mol. The van der Waals surface area contributed by atoms with Crippen molar-refractivity contribution in [2.75, 3.05) is 11.0 Å². The van der Waals surface area contributed by atoms with Crippen LogP contribution in [0.25, 0.3) is 0 Å². The van der Waals surface area contributed by atoms with E-state index in [2.05, 4.69) is 27.9 Å². The smallest absolute Gasteiger partial charge is 0.126 e. The number of halogens is 3. The van der Waals surface area contributed by atoms with Crippen molar-refractivity contribution >= 4 is 22.6 Å². The van der Waals surface area contributed by atoms with Crippen molar-refractivity contribution in [3.05, 3.63) is 35.4 Å². The molecule has 0 saturated carbocycles. The van der Waals surface area contributed by atoms with Crippen molar-refractivity contribution in [1.29, 1.82) is 0 Å². The van der Waals surface area contributed by atoms with Crippen molar-refractivity contribution < 1.29 is 8.78 Å². The first-order valence-corrected chi connectivity index (χ1v) is 7.46. The number of unbranched alkanes of at least 4 members (excludes halogenated alkanes) is 3. The molecule has 0 aromatic heterocycles. The van der Waals surface area contributed by atoms with Crippen LogP contribution in [0, 0.1) is 11.6 Å². The van der Waals surface area contributed by atoms with Crippen LogP contribution < -0.4 is 5.32 Å². The molecule has 0 aliphatic carbocycles. The van der Waals surface area contributed by atoms with Crippen LogP contribution in [0.5, 0.6) is 0 Å². The van der Waals surface area contributed by atoms with Gasteiger partial charge in [0, 0.05) is 12.6 Å². The molecule has 1 rings (SSSR count). The van der Waals surface area contributed by atoms with Gasteiger partial charge in [-0.25, -0.2) is 8.78 Å². The van der Waals surface area contributed by atoms with E-state index in [1.54, 1.807) is 0 Å². The van der Waals surface area contributed by atoms with Crippen LogP contribution in [0.4, 0.5) is 8.78 Å². The average Bonchev–Trinajstić information content (AvgIpc) is 2.26. The molecule has 0 amide bonds. The first-order chi connectivity index (χ1) is 8.22. The molecule has 17 heavy (non-hydrogen) atoms. The molecule has 0 heterocycles. The Kier molecular flexibility index (Phi) is 7.68. The molecule has 0 aliphatic rings. The van der Waals surface area contributed by atoms with Gasteiger partial charge in [-0.05, 0) is 41.5 Å². The Hall–Kier alpha value is -0.230. The molecule has 0 fully saturated rings. The first-order valence-electron chi connectivity index (χ1n) is 5.94. The Morgan fingerprint density at radius 3 is 2.24 bits per heavy atom. The van der Waals surface area contributed by atoms with E-state index in [0.29, 0.717) is 12.1 Å².